The van der Waals surface area contributed by atoms with E-state index in [0.29, 0.717) is 13.0 Å². The first kappa shape index (κ1) is 16.8. The molecule has 1 fully saturated rings. The molecule has 0 aromatic heterocycles. The fourth-order valence-corrected chi connectivity index (χ4v) is 2.82. The van der Waals surface area contributed by atoms with E-state index in [1.807, 2.05) is 6.92 Å². The number of carbonyl (C=O) groups is 1. The van der Waals surface area contributed by atoms with Crippen LogP contribution in [0.15, 0.2) is 24.3 Å². The highest BCUT2D eigenvalue weighted by Crippen LogP contribution is 2.24. The normalized spacial score (nSPS) is 17.3. The predicted octanol–water partition coefficient (Wildman–Crippen LogP) is 1.83. The number of amides is 1. The van der Waals surface area contributed by atoms with Gasteiger partial charge in [0.05, 0.1) is 18.6 Å². The number of hydrogen-bond donors (Lipinski definition) is 2. The van der Waals surface area contributed by atoms with E-state index in [1.165, 1.54) is 18.5 Å². The van der Waals surface area contributed by atoms with Crippen LogP contribution in [-0.2, 0) is 9.53 Å². The molecule has 1 amide bonds. The van der Waals surface area contributed by atoms with Gasteiger partial charge in [-0.05, 0) is 37.5 Å². The van der Waals surface area contributed by atoms with Gasteiger partial charge in [0.15, 0.2) is 0 Å². The Hall–Kier alpha value is -1.59. The molecule has 1 aromatic rings. The van der Waals surface area contributed by atoms with Gasteiger partial charge in [-0.1, -0.05) is 12.1 Å². The lowest BCUT2D eigenvalue weighted by Gasteiger charge is -2.21. The van der Waals surface area contributed by atoms with Crippen molar-refractivity contribution in [1.82, 2.24) is 5.32 Å². The summed E-state index contributed by atoms with van der Waals surface area (Å²) < 4.78 is 5.15. The number of anilines is 1. The topological polar surface area (TPSA) is 67.6 Å². The van der Waals surface area contributed by atoms with Crippen molar-refractivity contribution >= 4 is 11.6 Å². The average Bonchev–Trinajstić information content (AvgIpc) is 3.07. The van der Waals surface area contributed by atoms with Gasteiger partial charge < -0.3 is 20.7 Å². The Labute approximate surface area is 132 Å². The van der Waals surface area contributed by atoms with Crippen molar-refractivity contribution in [1.29, 1.82) is 0 Å². The number of nitrogens with zero attached hydrogens (tertiary/aromatic N) is 1. The van der Waals surface area contributed by atoms with Crippen LogP contribution in [0.5, 0.6) is 0 Å². The molecule has 1 aliphatic heterocycles. The fourth-order valence-electron chi connectivity index (χ4n) is 2.82. The molecule has 0 bridgehead atoms. The monoisotopic (exact) mass is 305 g/mol. The summed E-state index contributed by atoms with van der Waals surface area (Å²) in [4.78, 5) is 14.4. The molecule has 2 atom stereocenters. The molecule has 0 saturated carbocycles. The van der Waals surface area contributed by atoms with E-state index in [4.69, 9.17) is 10.5 Å². The van der Waals surface area contributed by atoms with Gasteiger partial charge in [0, 0.05) is 32.4 Å². The smallest absolute Gasteiger partial charge is 0.223 e. The van der Waals surface area contributed by atoms with Crippen molar-refractivity contribution < 1.29 is 9.53 Å². The van der Waals surface area contributed by atoms with Crippen LogP contribution >= 0.6 is 0 Å². The maximum Gasteiger partial charge on any atom is 0.223 e. The quantitative estimate of drug-likeness (QED) is 0.806. The van der Waals surface area contributed by atoms with Gasteiger partial charge in [-0.25, -0.2) is 0 Å². The van der Waals surface area contributed by atoms with Gasteiger partial charge in [-0.15, -0.1) is 0 Å². The zero-order valence-corrected chi connectivity index (χ0v) is 13.5. The standard InChI is InChI=1S/C17H27N3O2/c1-13(19-17(21)11-16(12-18)22-2)14-6-5-7-15(10-14)20-8-3-4-9-20/h5-7,10,13,16H,3-4,8-9,11-12,18H2,1-2H3,(H,19,21). The minimum Gasteiger partial charge on any atom is -0.380 e. The maximum atomic E-state index is 12.0. The molecule has 2 unspecified atom stereocenters. The molecule has 5 nitrogen and oxygen atoms in total. The number of hydrogen-bond acceptors (Lipinski definition) is 4. The molecule has 1 aliphatic rings. The summed E-state index contributed by atoms with van der Waals surface area (Å²) in [7, 11) is 1.58. The Bertz CT molecular complexity index is 483. The van der Waals surface area contributed by atoms with Crippen molar-refractivity contribution in [2.75, 3.05) is 31.6 Å². The van der Waals surface area contributed by atoms with E-state index >= 15 is 0 Å². The van der Waals surface area contributed by atoms with E-state index in [-0.39, 0.29) is 18.1 Å². The van der Waals surface area contributed by atoms with E-state index < -0.39 is 0 Å². The zero-order chi connectivity index (χ0) is 15.9. The molecule has 22 heavy (non-hydrogen) atoms. The van der Waals surface area contributed by atoms with Crippen molar-refractivity contribution in [2.45, 2.75) is 38.3 Å². The summed E-state index contributed by atoms with van der Waals surface area (Å²) in [6, 6.07) is 8.40. The van der Waals surface area contributed by atoms with E-state index in [9.17, 15) is 4.79 Å². The van der Waals surface area contributed by atoms with Crippen LogP contribution in [0.3, 0.4) is 0 Å². The molecule has 1 aromatic carbocycles. The molecule has 0 aliphatic carbocycles. The first-order valence-electron chi connectivity index (χ1n) is 8.01. The lowest BCUT2D eigenvalue weighted by Crippen LogP contribution is -2.33. The number of benzene rings is 1. The average molecular weight is 305 g/mol. The van der Waals surface area contributed by atoms with Crippen LogP contribution in [0.25, 0.3) is 0 Å². The molecule has 2 rings (SSSR count). The number of ether oxygens (including phenoxy) is 1. The molecule has 1 saturated heterocycles. The molecular formula is C17H27N3O2. The second kappa shape index (κ2) is 8.15. The van der Waals surface area contributed by atoms with Gasteiger partial charge in [-0.2, -0.15) is 0 Å². The van der Waals surface area contributed by atoms with Gasteiger partial charge >= 0.3 is 0 Å². The minimum atomic E-state index is -0.219. The number of methoxy groups -OCH3 is 1. The minimum absolute atomic E-state index is 0.0228. The Balaban J connectivity index is 1.95. The van der Waals surface area contributed by atoms with E-state index in [2.05, 4.69) is 34.5 Å². The van der Waals surface area contributed by atoms with Crippen LogP contribution in [0.4, 0.5) is 5.69 Å². The second-order valence-electron chi connectivity index (χ2n) is 5.88. The SMILES string of the molecule is COC(CN)CC(=O)NC(C)c1cccc(N2CCCC2)c1. The van der Waals surface area contributed by atoms with Crippen LogP contribution in [-0.4, -0.2) is 38.8 Å². The van der Waals surface area contributed by atoms with Crippen LogP contribution in [0.2, 0.25) is 0 Å². The Morgan fingerprint density at radius 1 is 1.41 bits per heavy atom. The lowest BCUT2D eigenvalue weighted by atomic mass is 10.1. The van der Waals surface area contributed by atoms with Gasteiger partial charge in [0.1, 0.15) is 0 Å². The number of nitrogens with two attached hydrogens (primary N) is 1. The van der Waals surface area contributed by atoms with Crippen molar-refractivity contribution in [3.63, 3.8) is 0 Å². The van der Waals surface area contributed by atoms with Gasteiger partial charge in [-0.3, -0.25) is 4.79 Å². The summed E-state index contributed by atoms with van der Waals surface area (Å²) in [5.41, 5.74) is 7.92. The Kier molecular flexibility index (Phi) is 6.21. The van der Waals surface area contributed by atoms with Gasteiger partial charge in [0.25, 0.3) is 0 Å². The summed E-state index contributed by atoms with van der Waals surface area (Å²) in [6.45, 7) is 4.60. The van der Waals surface area contributed by atoms with Crippen LogP contribution < -0.4 is 16.0 Å². The van der Waals surface area contributed by atoms with E-state index in [1.54, 1.807) is 7.11 Å². The first-order valence-corrected chi connectivity index (χ1v) is 8.01. The third-order valence-corrected chi connectivity index (χ3v) is 4.23. The number of nitrogens with one attached hydrogen (secondary N) is 1. The van der Waals surface area contributed by atoms with Crippen molar-refractivity contribution in [3.05, 3.63) is 29.8 Å². The molecule has 122 valence electrons. The molecule has 3 N–H and O–H groups in total. The third kappa shape index (κ3) is 4.45. The highest BCUT2D eigenvalue weighted by atomic mass is 16.5. The fraction of sp³-hybridized carbons (Fsp3) is 0.588. The second-order valence-corrected chi connectivity index (χ2v) is 5.88. The summed E-state index contributed by atoms with van der Waals surface area (Å²) in [5, 5.41) is 3.02. The predicted molar refractivity (Wildman–Crippen MR) is 88.9 cm³/mol. The summed E-state index contributed by atoms with van der Waals surface area (Å²) >= 11 is 0. The zero-order valence-electron chi connectivity index (χ0n) is 13.5. The van der Waals surface area contributed by atoms with Gasteiger partial charge in [0.2, 0.25) is 5.91 Å². The largest absolute Gasteiger partial charge is 0.380 e. The summed E-state index contributed by atoms with van der Waals surface area (Å²) in [5.74, 6) is -0.0311. The molecule has 1 heterocycles. The first-order chi connectivity index (χ1) is 10.6. The highest BCUT2D eigenvalue weighted by molar-refractivity contribution is 5.77. The molecule has 0 spiro atoms. The summed E-state index contributed by atoms with van der Waals surface area (Å²) in [6.07, 6.45) is 2.59. The number of carbonyl (C=O) groups excluding carboxylic acids is 1. The Morgan fingerprint density at radius 2 is 2.14 bits per heavy atom. The molecule has 5 heteroatoms. The van der Waals surface area contributed by atoms with Crippen LogP contribution in [0.1, 0.15) is 37.8 Å². The third-order valence-electron chi connectivity index (χ3n) is 4.23. The number of rotatable bonds is 7. The Morgan fingerprint density at radius 3 is 2.77 bits per heavy atom. The highest BCUT2D eigenvalue weighted by Gasteiger charge is 2.16. The maximum absolute atomic E-state index is 12.0. The lowest BCUT2D eigenvalue weighted by molar-refractivity contribution is -0.124. The van der Waals surface area contributed by atoms with E-state index in [0.717, 1.165) is 18.7 Å². The van der Waals surface area contributed by atoms with Crippen LogP contribution in [0, 0.1) is 0 Å². The van der Waals surface area contributed by atoms with Crippen molar-refractivity contribution in [2.24, 2.45) is 5.73 Å². The molecular weight excluding hydrogens is 278 g/mol. The molecule has 0 radical (unpaired) electrons. The van der Waals surface area contributed by atoms with Crippen molar-refractivity contribution in [3.8, 4) is 0 Å².